The maximum absolute atomic E-state index is 13.0. The lowest BCUT2D eigenvalue weighted by atomic mass is 10.2. The minimum Gasteiger partial charge on any atom is -0.457 e. The number of esters is 1. The second-order valence-electron chi connectivity index (χ2n) is 7.51. The average molecular weight is 439 g/mol. The zero-order chi connectivity index (χ0) is 22.5. The van der Waals surface area contributed by atoms with Crippen molar-refractivity contribution in [3.63, 3.8) is 0 Å². The van der Waals surface area contributed by atoms with Gasteiger partial charge in [0.15, 0.2) is 18.3 Å². The third-order valence-electron chi connectivity index (χ3n) is 5.22. The van der Waals surface area contributed by atoms with Crippen LogP contribution in [0, 0.1) is 5.82 Å². The predicted molar refractivity (Wildman–Crippen MR) is 111 cm³/mol. The summed E-state index contributed by atoms with van der Waals surface area (Å²) in [6.45, 7) is 1.02. The molecule has 1 amide bonds. The minimum absolute atomic E-state index is 0.0114. The van der Waals surface area contributed by atoms with Crippen LogP contribution in [-0.4, -0.2) is 52.2 Å². The van der Waals surface area contributed by atoms with Crippen molar-refractivity contribution < 1.29 is 27.9 Å². The summed E-state index contributed by atoms with van der Waals surface area (Å²) >= 11 is 0. The lowest BCUT2D eigenvalue weighted by Gasteiger charge is -2.13. The number of ether oxygens (including phenoxy) is 1. The number of amides is 1. The predicted octanol–water partition coefficient (Wildman–Crippen LogP) is 3.40. The summed E-state index contributed by atoms with van der Waals surface area (Å²) in [7, 11) is 0. The molecule has 0 spiro atoms. The number of benzene rings is 1. The van der Waals surface area contributed by atoms with E-state index in [-0.39, 0.29) is 30.1 Å². The van der Waals surface area contributed by atoms with E-state index in [2.05, 4.69) is 9.97 Å². The van der Waals surface area contributed by atoms with E-state index in [1.54, 1.807) is 17.0 Å². The summed E-state index contributed by atoms with van der Waals surface area (Å²) in [5.41, 5.74) is 1.31. The van der Waals surface area contributed by atoms with Gasteiger partial charge in [-0.2, -0.15) is 0 Å². The van der Waals surface area contributed by atoms with E-state index in [1.165, 1.54) is 30.6 Å². The second-order valence-corrected chi connectivity index (χ2v) is 7.51. The zero-order valence-corrected chi connectivity index (χ0v) is 17.3. The molecule has 1 aliphatic heterocycles. The second kappa shape index (κ2) is 9.59. The van der Waals surface area contributed by atoms with Gasteiger partial charge in [-0.3, -0.25) is 14.4 Å². The van der Waals surface area contributed by atoms with Gasteiger partial charge in [0.1, 0.15) is 11.5 Å². The number of aryl methyl sites for hydroxylation is 1. The Bertz CT molecular complexity index is 1110. The van der Waals surface area contributed by atoms with E-state index in [9.17, 15) is 18.8 Å². The van der Waals surface area contributed by atoms with Crippen molar-refractivity contribution in [2.45, 2.75) is 25.7 Å². The van der Waals surface area contributed by atoms with Gasteiger partial charge in [-0.15, -0.1) is 0 Å². The van der Waals surface area contributed by atoms with Crippen molar-refractivity contribution in [1.29, 1.82) is 0 Å². The van der Waals surface area contributed by atoms with E-state index in [4.69, 9.17) is 9.15 Å². The number of carbonyl (C=O) groups excluding carboxylic acids is 3. The number of nitrogens with zero attached hydrogens (tertiary/aromatic N) is 2. The minimum atomic E-state index is -0.566. The number of H-pyrrole nitrogens is 1. The number of ketones is 1. The Morgan fingerprint density at radius 3 is 2.66 bits per heavy atom. The number of oxazole rings is 1. The Balaban J connectivity index is 1.23. The van der Waals surface area contributed by atoms with E-state index < -0.39 is 18.4 Å². The number of Topliss-reactive ketones (excluding diaryl/α,β-unsaturated/α-hetero) is 1. The van der Waals surface area contributed by atoms with Crippen LogP contribution in [0.1, 0.15) is 46.0 Å². The molecule has 0 radical (unpaired) electrons. The van der Waals surface area contributed by atoms with Gasteiger partial charge in [-0.05, 0) is 43.2 Å². The Labute approximate surface area is 183 Å². The fourth-order valence-electron chi connectivity index (χ4n) is 3.45. The van der Waals surface area contributed by atoms with Gasteiger partial charge in [0.05, 0.1) is 12.6 Å². The molecule has 32 heavy (non-hydrogen) atoms. The molecule has 8 nitrogen and oxygen atoms in total. The van der Waals surface area contributed by atoms with Gasteiger partial charge in [0.2, 0.25) is 5.78 Å². The fourth-order valence-corrected chi connectivity index (χ4v) is 3.45. The van der Waals surface area contributed by atoms with Gasteiger partial charge in [0.25, 0.3) is 5.91 Å². The highest BCUT2D eigenvalue weighted by molar-refractivity contribution is 6.01. The Morgan fingerprint density at radius 1 is 1.16 bits per heavy atom. The van der Waals surface area contributed by atoms with Gasteiger partial charge in [0, 0.05) is 36.8 Å². The summed E-state index contributed by atoms with van der Waals surface area (Å²) in [6.07, 6.45) is 5.10. The quantitative estimate of drug-likeness (QED) is 0.426. The van der Waals surface area contributed by atoms with Gasteiger partial charge in [-0.25, -0.2) is 9.37 Å². The van der Waals surface area contributed by atoms with Crippen LogP contribution < -0.4 is 0 Å². The topological polar surface area (TPSA) is 105 Å². The van der Waals surface area contributed by atoms with Crippen LogP contribution in [0.4, 0.5) is 4.39 Å². The summed E-state index contributed by atoms with van der Waals surface area (Å²) in [5.74, 6) is -0.642. The van der Waals surface area contributed by atoms with E-state index >= 15 is 0 Å². The highest BCUT2D eigenvalue weighted by Gasteiger charge is 2.22. The molecule has 0 bridgehead atoms. The molecule has 4 rings (SSSR count). The molecule has 9 heteroatoms. The first kappa shape index (κ1) is 21.5. The number of aromatic amines is 1. The number of hydrogen-bond acceptors (Lipinski definition) is 6. The summed E-state index contributed by atoms with van der Waals surface area (Å²) < 4.78 is 23.6. The van der Waals surface area contributed by atoms with Gasteiger partial charge in [-0.1, -0.05) is 0 Å². The van der Waals surface area contributed by atoms with Gasteiger partial charge >= 0.3 is 5.97 Å². The molecular weight excluding hydrogens is 417 g/mol. The zero-order valence-electron chi connectivity index (χ0n) is 17.3. The van der Waals surface area contributed by atoms with Crippen LogP contribution >= 0.6 is 0 Å². The average Bonchev–Trinajstić information content (AvgIpc) is 3.57. The maximum Gasteiger partial charge on any atom is 0.306 e. The molecule has 1 N–H and O–H groups in total. The molecule has 1 saturated heterocycles. The Morgan fingerprint density at radius 2 is 1.91 bits per heavy atom. The number of nitrogens with one attached hydrogen (secondary N) is 1. The smallest absolute Gasteiger partial charge is 0.306 e. The van der Waals surface area contributed by atoms with Crippen molar-refractivity contribution in [3.8, 4) is 11.3 Å². The monoisotopic (exact) mass is 439 g/mol. The summed E-state index contributed by atoms with van der Waals surface area (Å²) in [4.78, 5) is 45.3. The number of halogens is 1. The normalized spacial score (nSPS) is 13.3. The first-order valence-electron chi connectivity index (χ1n) is 10.4. The van der Waals surface area contributed by atoms with Crippen LogP contribution in [0.25, 0.3) is 11.3 Å². The van der Waals surface area contributed by atoms with Crippen molar-refractivity contribution in [1.82, 2.24) is 14.9 Å². The third kappa shape index (κ3) is 5.11. The standard InChI is InChI=1S/C23H22FN3O5/c24-17-5-3-15(4-6-17)20-13-26-21(32-20)7-8-22(29)31-14-19(28)16-11-18(25-12-16)23(30)27-9-1-2-10-27/h3-6,11-13,25H,1-2,7-10,14H2. The molecule has 1 fully saturated rings. The molecule has 2 aromatic heterocycles. The largest absolute Gasteiger partial charge is 0.457 e. The first-order valence-corrected chi connectivity index (χ1v) is 10.4. The van der Waals surface area contributed by atoms with E-state index in [0.29, 0.717) is 36.0 Å². The number of likely N-dealkylation sites (tertiary alicyclic amines) is 1. The molecule has 0 atom stereocenters. The highest BCUT2D eigenvalue weighted by Crippen LogP contribution is 2.21. The Hall–Kier alpha value is -3.75. The lowest BCUT2D eigenvalue weighted by Crippen LogP contribution is -2.27. The highest BCUT2D eigenvalue weighted by atomic mass is 19.1. The van der Waals surface area contributed by atoms with Crippen LogP contribution in [0.15, 0.2) is 47.1 Å². The van der Waals surface area contributed by atoms with Crippen LogP contribution in [-0.2, 0) is 16.0 Å². The molecule has 1 aromatic carbocycles. The number of aromatic nitrogens is 2. The van der Waals surface area contributed by atoms with Crippen molar-refractivity contribution in [3.05, 3.63) is 65.7 Å². The summed E-state index contributed by atoms with van der Waals surface area (Å²) in [6, 6.07) is 7.28. The van der Waals surface area contributed by atoms with Crippen molar-refractivity contribution >= 4 is 17.7 Å². The Kier molecular flexibility index (Phi) is 6.44. The van der Waals surface area contributed by atoms with Crippen molar-refractivity contribution in [2.24, 2.45) is 0 Å². The van der Waals surface area contributed by atoms with Gasteiger partial charge < -0.3 is 19.0 Å². The van der Waals surface area contributed by atoms with Crippen LogP contribution in [0.5, 0.6) is 0 Å². The molecule has 0 unspecified atom stereocenters. The lowest BCUT2D eigenvalue weighted by molar-refractivity contribution is -0.142. The molecule has 3 heterocycles. The molecule has 166 valence electrons. The van der Waals surface area contributed by atoms with Crippen molar-refractivity contribution in [2.75, 3.05) is 19.7 Å². The van der Waals surface area contributed by atoms with E-state index in [1.807, 2.05) is 0 Å². The molecule has 3 aromatic rings. The number of carbonyl (C=O) groups is 3. The van der Waals surface area contributed by atoms with Crippen LogP contribution in [0.2, 0.25) is 0 Å². The first-order chi connectivity index (χ1) is 15.5. The third-order valence-corrected chi connectivity index (χ3v) is 5.22. The molecule has 0 saturated carbocycles. The van der Waals surface area contributed by atoms with Crippen LogP contribution in [0.3, 0.4) is 0 Å². The molecule has 1 aliphatic rings. The number of hydrogen-bond donors (Lipinski definition) is 1. The summed E-state index contributed by atoms with van der Waals surface area (Å²) in [5, 5.41) is 0. The molecular formula is C23H22FN3O5. The fraction of sp³-hybridized carbons (Fsp3) is 0.304. The SMILES string of the molecule is O=C(CCc1ncc(-c2ccc(F)cc2)o1)OCC(=O)c1c[nH]c(C(=O)N2CCCC2)c1. The number of rotatable bonds is 8. The molecule has 0 aliphatic carbocycles. The van der Waals surface area contributed by atoms with E-state index in [0.717, 1.165) is 12.8 Å². The maximum atomic E-state index is 13.0.